The fourth-order valence-electron chi connectivity index (χ4n) is 6.28. The quantitative estimate of drug-likeness (QED) is 0.520. The Kier molecular flexibility index (Phi) is 1.17. The maximum Gasteiger partial charge on any atom is -0.00424 e. The Labute approximate surface area is 92.1 Å². The van der Waals surface area contributed by atoms with E-state index in [9.17, 15) is 0 Å². The van der Waals surface area contributed by atoms with Gasteiger partial charge in [0.05, 0.1) is 0 Å². The topological polar surface area (TPSA) is 0 Å². The van der Waals surface area contributed by atoms with Gasteiger partial charge in [0.25, 0.3) is 0 Å². The van der Waals surface area contributed by atoms with Crippen molar-refractivity contribution in [2.75, 3.05) is 0 Å². The summed E-state index contributed by atoms with van der Waals surface area (Å²) in [7, 11) is 0. The third-order valence-electron chi connectivity index (χ3n) is 6.69. The van der Waals surface area contributed by atoms with Gasteiger partial charge in [0, 0.05) is 0 Å². The lowest BCUT2D eigenvalue weighted by Crippen LogP contribution is -2.23. The average molecular weight is 200 g/mol. The van der Waals surface area contributed by atoms with E-state index in [4.69, 9.17) is 0 Å². The van der Waals surface area contributed by atoms with E-state index in [-0.39, 0.29) is 0 Å². The van der Waals surface area contributed by atoms with Crippen molar-refractivity contribution in [3.8, 4) is 0 Å². The first-order valence-corrected chi connectivity index (χ1v) is 7.11. The van der Waals surface area contributed by atoms with Crippen molar-refractivity contribution in [2.45, 2.75) is 51.4 Å². The summed E-state index contributed by atoms with van der Waals surface area (Å²) < 4.78 is 0. The maximum absolute atomic E-state index is 2.00. The molecule has 0 aliphatic heterocycles. The molecule has 0 amide bonds. The standard InChI is InChI=1S/C15H20/c1-2-4-11-9(3-1)7-15-8-10(5-13(11)15)12-6-14(12)15/h9-11,13H,1-8H2. The molecule has 0 aromatic rings. The summed E-state index contributed by atoms with van der Waals surface area (Å²) in [5, 5.41) is 0. The lowest BCUT2D eigenvalue weighted by molar-refractivity contribution is 0.209. The zero-order valence-electron chi connectivity index (χ0n) is 9.47. The normalized spacial score (nSPS) is 59.2. The minimum Gasteiger partial charge on any atom is -0.0629 e. The van der Waals surface area contributed by atoms with Crippen LogP contribution in [0.5, 0.6) is 0 Å². The molecular formula is C15H20. The van der Waals surface area contributed by atoms with Crippen molar-refractivity contribution in [3.63, 3.8) is 0 Å². The van der Waals surface area contributed by atoms with E-state index >= 15 is 0 Å². The molecule has 5 rings (SSSR count). The predicted molar refractivity (Wildman–Crippen MR) is 60.4 cm³/mol. The Morgan fingerprint density at radius 3 is 2.93 bits per heavy atom. The van der Waals surface area contributed by atoms with Gasteiger partial charge in [0.2, 0.25) is 0 Å². The van der Waals surface area contributed by atoms with Crippen molar-refractivity contribution in [1.82, 2.24) is 0 Å². The maximum atomic E-state index is 2.00. The zero-order chi connectivity index (χ0) is 9.62. The molecule has 0 nitrogen and oxygen atoms in total. The van der Waals surface area contributed by atoms with Gasteiger partial charge in [0.15, 0.2) is 0 Å². The van der Waals surface area contributed by atoms with Gasteiger partial charge in [-0.25, -0.2) is 0 Å². The largest absolute Gasteiger partial charge is 0.0629 e. The van der Waals surface area contributed by atoms with Crippen molar-refractivity contribution in [2.24, 2.45) is 29.1 Å². The second-order valence-corrected chi connectivity index (χ2v) is 6.99. The van der Waals surface area contributed by atoms with Crippen LogP contribution in [0.2, 0.25) is 0 Å². The lowest BCUT2D eigenvalue weighted by Gasteiger charge is -2.31. The van der Waals surface area contributed by atoms with Crippen LogP contribution in [0.3, 0.4) is 0 Å². The number of rotatable bonds is 0. The molecule has 0 aromatic heterocycles. The summed E-state index contributed by atoms with van der Waals surface area (Å²) in [6.07, 6.45) is 12.6. The molecule has 0 radical (unpaired) electrons. The first kappa shape index (κ1) is 7.92. The van der Waals surface area contributed by atoms with Gasteiger partial charge in [-0.2, -0.15) is 0 Å². The van der Waals surface area contributed by atoms with Crippen LogP contribution < -0.4 is 0 Å². The molecule has 3 fully saturated rings. The molecule has 5 aliphatic rings. The van der Waals surface area contributed by atoms with E-state index in [1.165, 1.54) is 12.3 Å². The minimum atomic E-state index is 0.819. The highest BCUT2D eigenvalue weighted by molar-refractivity contribution is 5.52. The highest BCUT2D eigenvalue weighted by Crippen LogP contribution is 2.77. The molecule has 0 saturated heterocycles. The van der Waals surface area contributed by atoms with Gasteiger partial charge in [0.1, 0.15) is 0 Å². The van der Waals surface area contributed by atoms with Crippen molar-refractivity contribution in [1.29, 1.82) is 0 Å². The summed E-state index contributed by atoms with van der Waals surface area (Å²) in [5.74, 6) is 4.57. The first-order valence-electron chi connectivity index (χ1n) is 7.11. The fourth-order valence-corrected chi connectivity index (χ4v) is 6.28. The Hall–Kier alpha value is -0.260. The lowest BCUT2D eigenvalue weighted by atomic mass is 9.74. The summed E-state index contributed by atoms with van der Waals surface area (Å²) in [5.41, 5.74) is 4.77. The van der Waals surface area contributed by atoms with Crippen LogP contribution in [-0.4, -0.2) is 0 Å². The molecule has 0 heterocycles. The average Bonchev–Trinajstić information content (AvgIpc) is 2.81. The summed E-state index contributed by atoms with van der Waals surface area (Å²) in [6.45, 7) is 0. The molecule has 2 bridgehead atoms. The number of hydrogen-bond donors (Lipinski definition) is 0. The van der Waals surface area contributed by atoms with Crippen LogP contribution in [0.15, 0.2) is 11.1 Å². The molecule has 0 heteroatoms. The molecule has 3 saturated carbocycles. The Bertz CT molecular complexity index is 377. The Morgan fingerprint density at radius 1 is 1.07 bits per heavy atom. The van der Waals surface area contributed by atoms with E-state index in [0.29, 0.717) is 0 Å². The summed E-state index contributed by atoms with van der Waals surface area (Å²) in [6, 6.07) is 0. The molecule has 15 heavy (non-hydrogen) atoms. The van der Waals surface area contributed by atoms with Crippen LogP contribution in [-0.2, 0) is 0 Å². The number of fused-ring (bicyclic) bond motifs is 4. The zero-order valence-corrected chi connectivity index (χ0v) is 9.47. The first-order chi connectivity index (χ1) is 7.38. The van der Waals surface area contributed by atoms with Crippen molar-refractivity contribution >= 4 is 0 Å². The highest BCUT2D eigenvalue weighted by Gasteiger charge is 2.67. The second-order valence-electron chi connectivity index (χ2n) is 6.99. The van der Waals surface area contributed by atoms with Gasteiger partial charge in [-0.3, -0.25) is 0 Å². The van der Waals surface area contributed by atoms with E-state index in [2.05, 4.69) is 0 Å². The molecule has 5 atom stereocenters. The molecule has 5 unspecified atom stereocenters. The minimum absolute atomic E-state index is 0.819. The van der Waals surface area contributed by atoms with Crippen LogP contribution in [0.25, 0.3) is 0 Å². The van der Waals surface area contributed by atoms with Crippen molar-refractivity contribution < 1.29 is 0 Å². The summed E-state index contributed by atoms with van der Waals surface area (Å²) in [4.78, 5) is 0. The van der Waals surface area contributed by atoms with Crippen LogP contribution in [0, 0.1) is 29.1 Å². The molecule has 80 valence electrons. The van der Waals surface area contributed by atoms with Gasteiger partial charge >= 0.3 is 0 Å². The Morgan fingerprint density at radius 2 is 2.00 bits per heavy atom. The third-order valence-corrected chi connectivity index (χ3v) is 6.69. The molecule has 0 aromatic carbocycles. The van der Waals surface area contributed by atoms with E-state index in [1.807, 2.05) is 11.1 Å². The molecule has 5 aliphatic carbocycles. The van der Waals surface area contributed by atoms with E-state index in [1.54, 1.807) is 44.9 Å². The van der Waals surface area contributed by atoms with E-state index in [0.717, 1.165) is 23.2 Å². The number of allylic oxidation sites excluding steroid dienone is 2. The van der Waals surface area contributed by atoms with Gasteiger partial charge in [-0.15, -0.1) is 0 Å². The third kappa shape index (κ3) is 0.736. The van der Waals surface area contributed by atoms with Gasteiger partial charge < -0.3 is 0 Å². The molecule has 0 N–H and O–H groups in total. The second kappa shape index (κ2) is 2.21. The van der Waals surface area contributed by atoms with Crippen LogP contribution in [0.4, 0.5) is 0 Å². The Balaban J connectivity index is 1.61. The van der Waals surface area contributed by atoms with E-state index < -0.39 is 0 Å². The fraction of sp³-hybridized carbons (Fsp3) is 0.867. The smallest absolute Gasteiger partial charge is 0.00424 e. The van der Waals surface area contributed by atoms with Crippen molar-refractivity contribution in [3.05, 3.63) is 11.1 Å². The highest BCUT2D eigenvalue weighted by atomic mass is 14.7. The SMILES string of the molecule is C1CCC2C(C1)CC13CC(CC21)C1=C3C1. The van der Waals surface area contributed by atoms with Crippen LogP contribution >= 0.6 is 0 Å². The van der Waals surface area contributed by atoms with Gasteiger partial charge in [-0.05, 0) is 61.2 Å². The molecule has 1 spiro atoms. The summed E-state index contributed by atoms with van der Waals surface area (Å²) >= 11 is 0. The van der Waals surface area contributed by atoms with Crippen LogP contribution in [0.1, 0.15) is 51.4 Å². The van der Waals surface area contributed by atoms with Gasteiger partial charge in [-0.1, -0.05) is 30.4 Å². The predicted octanol–water partition coefficient (Wildman–Crippen LogP) is 3.92. The molecular weight excluding hydrogens is 180 g/mol. The number of hydrogen-bond acceptors (Lipinski definition) is 0. The monoisotopic (exact) mass is 200 g/mol.